The first-order valence-electron chi connectivity index (χ1n) is 8.97. The molecule has 31 heavy (non-hydrogen) atoms. The van der Waals surface area contributed by atoms with Crippen molar-refractivity contribution in [2.75, 3.05) is 11.4 Å². The summed E-state index contributed by atoms with van der Waals surface area (Å²) in [6.45, 7) is 3.29. The van der Waals surface area contributed by atoms with Gasteiger partial charge in [0.2, 0.25) is 0 Å². The number of rotatable bonds is 5. The van der Waals surface area contributed by atoms with Gasteiger partial charge in [-0.3, -0.25) is 4.79 Å². The maximum atomic E-state index is 13.0. The lowest BCUT2D eigenvalue weighted by Gasteiger charge is -2.28. The first-order chi connectivity index (χ1) is 14.3. The number of hydrogen-bond donors (Lipinski definition) is 1. The maximum Gasteiger partial charge on any atom is 0.573 e. The van der Waals surface area contributed by atoms with Crippen LogP contribution in [0.25, 0.3) is 0 Å². The van der Waals surface area contributed by atoms with Gasteiger partial charge in [-0.05, 0) is 56.3 Å². The predicted octanol–water partition coefficient (Wildman–Crippen LogP) is 4.75. The average molecular weight is 445 g/mol. The van der Waals surface area contributed by atoms with Crippen LogP contribution in [0, 0.1) is 0 Å². The van der Waals surface area contributed by atoms with Gasteiger partial charge in [-0.1, -0.05) is 6.07 Å². The lowest BCUT2D eigenvalue weighted by atomic mass is 9.99. The number of aromatic nitrogens is 1. The van der Waals surface area contributed by atoms with E-state index < -0.39 is 35.4 Å². The molecule has 3 rings (SSSR count). The summed E-state index contributed by atoms with van der Waals surface area (Å²) in [5.41, 5.74) is -1.59. The van der Waals surface area contributed by atoms with E-state index >= 15 is 0 Å². The molecule has 0 unspecified atom stereocenters. The second-order valence-corrected chi connectivity index (χ2v) is 7.23. The molecule has 0 saturated heterocycles. The van der Waals surface area contributed by atoms with Crippen molar-refractivity contribution in [3.8, 4) is 5.75 Å². The third-order valence-corrected chi connectivity index (χ3v) is 4.46. The number of nitrogens with zero attached hydrogens (tertiary/aromatic N) is 2. The molecule has 1 aromatic heterocycles. The molecule has 1 aliphatic heterocycles. The van der Waals surface area contributed by atoms with Crippen LogP contribution in [-0.4, -0.2) is 23.8 Å². The topological polar surface area (TPSA) is 54.5 Å². The summed E-state index contributed by atoms with van der Waals surface area (Å²) in [4.78, 5) is 17.7. The zero-order chi connectivity index (χ0) is 23.0. The number of carbonyl (C=O) groups is 1. The van der Waals surface area contributed by atoms with Crippen molar-refractivity contribution in [1.29, 1.82) is 0 Å². The van der Waals surface area contributed by atoms with Crippen LogP contribution in [0.2, 0.25) is 0 Å². The van der Waals surface area contributed by atoms with Crippen LogP contribution < -0.4 is 15.0 Å². The van der Waals surface area contributed by atoms with Crippen molar-refractivity contribution in [2.45, 2.75) is 31.9 Å². The third-order valence-electron chi connectivity index (χ3n) is 4.46. The fourth-order valence-corrected chi connectivity index (χ4v) is 2.99. The maximum absolute atomic E-state index is 13.0. The van der Waals surface area contributed by atoms with Gasteiger partial charge < -0.3 is 15.0 Å². The highest BCUT2D eigenvalue weighted by molar-refractivity contribution is 6.08. The average Bonchev–Trinajstić information content (AvgIpc) is 3.00. The molecule has 1 amide bonds. The number of anilines is 1. The number of pyridine rings is 1. The van der Waals surface area contributed by atoms with Crippen LogP contribution >= 0.6 is 0 Å². The van der Waals surface area contributed by atoms with Crippen molar-refractivity contribution in [1.82, 2.24) is 10.3 Å². The first-order valence-corrected chi connectivity index (χ1v) is 8.97. The van der Waals surface area contributed by atoms with Crippen molar-refractivity contribution >= 4 is 11.6 Å². The number of benzene rings is 1. The molecule has 5 nitrogen and oxygen atoms in total. The Hall–Kier alpha value is -3.24. The number of hydrogen-bond acceptors (Lipinski definition) is 4. The summed E-state index contributed by atoms with van der Waals surface area (Å²) < 4.78 is 79.5. The fraction of sp³-hybridized carbons (Fsp3) is 0.300. The van der Waals surface area contributed by atoms with E-state index in [2.05, 4.69) is 15.0 Å². The van der Waals surface area contributed by atoms with Gasteiger partial charge in [-0.25, -0.2) is 4.98 Å². The Morgan fingerprint density at radius 3 is 2.16 bits per heavy atom. The lowest BCUT2D eigenvalue weighted by molar-refractivity contribution is -0.274. The zero-order valence-electron chi connectivity index (χ0n) is 16.3. The largest absolute Gasteiger partial charge is 0.573 e. The predicted molar refractivity (Wildman–Crippen MR) is 99.0 cm³/mol. The van der Waals surface area contributed by atoms with Gasteiger partial charge in [0.1, 0.15) is 11.4 Å². The molecule has 0 spiro atoms. The zero-order valence-corrected chi connectivity index (χ0v) is 16.3. The monoisotopic (exact) mass is 445 g/mol. The molecule has 0 atom stereocenters. The first kappa shape index (κ1) is 22.4. The molecular formula is C20H17F6N3O2. The van der Waals surface area contributed by atoms with Gasteiger partial charge in [-0.15, -0.1) is 13.2 Å². The molecule has 2 aromatic rings. The molecule has 0 bridgehead atoms. The van der Waals surface area contributed by atoms with Gasteiger partial charge in [0.15, 0.2) is 0 Å². The Bertz CT molecular complexity index is 997. The molecule has 1 aliphatic rings. The molecule has 2 heterocycles. The summed E-state index contributed by atoms with van der Waals surface area (Å²) in [6, 6.07) is 8.27. The molecule has 0 radical (unpaired) electrons. The summed E-state index contributed by atoms with van der Waals surface area (Å²) in [7, 11) is 0. The van der Waals surface area contributed by atoms with Crippen molar-refractivity contribution in [2.24, 2.45) is 0 Å². The number of halogens is 6. The fourth-order valence-electron chi connectivity index (χ4n) is 2.99. The highest BCUT2D eigenvalue weighted by Gasteiger charge is 2.36. The summed E-state index contributed by atoms with van der Waals surface area (Å²) in [5.74, 6) is -0.907. The Kier molecular flexibility index (Phi) is 5.64. The Morgan fingerprint density at radius 2 is 1.58 bits per heavy atom. The highest BCUT2D eigenvalue weighted by Crippen LogP contribution is 2.31. The molecule has 1 N–H and O–H groups in total. The van der Waals surface area contributed by atoms with Crippen LogP contribution in [-0.2, 0) is 16.5 Å². The van der Waals surface area contributed by atoms with Gasteiger partial charge in [-0.2, -0.15) is 13.2 Å². The van der Waals surface area contributed by atoms with Crippen molar-refractivity contribution in [3.63, 3.8) is 0 Å². The van der Waals surface area contributed by atoms with Gasteiger partial charge in [0.25, 0.3) is 5.91 Å². The van der Waals surface area contributed by atoms with Crippen molar-refractivity contribution in [3.05, 3.63) is 65.6 Å². The summed E-state index contributed by atoms with van der Waals surface area (Å²) in [6.07, 6.45) is -7.89. The van der Waals surface area contributed by atoms with E-state index in [1.807, 2.05) is 0 Å². The second kappa shape index (κ2) is 7.78. The number of ether oxygens (including phenoxy) is 1. The van der Waals surface area contributed by atoms with Gasteiger partial charge in [0.05, 0.1) is 16.9 Å². The molecule has 0 fully saturated rings. The second-order valence-electron chi connectivity index (χ2n) is 7.23. The third kappa shape index (κ3) is 5.28. The summed E-state index contributed by atoms with van der Waals surface area (Å²) >= 11 is 0. The minimum absolute atomic E-state index is 0.0862. The van der Waals surface area contributed by atoms with E-state index in [4.69, 9.17) is 0 Å². The number of alkyl halides is 6. The highest BCUT2D eigenvalue weighted by atomic mass is 19.4. The van der Waals surface area contributed by atoms with E-state index in [0.29, 0.717) is 5.69 Å². The van der Waals surface area contributed by atoms with E-state index in [1.54, 1.807) is 13.8 Å². The van der Waals surface area contributed by atoms with Crippen molar-refractivity contribution < 1.29 is 35.9 Å². The SMILES string of the molecule is CC(C)(NC1=CCN(c2ccc(OC(F)(F)F)cc2)C1=O)c1cccc(C(F)(F)F)n1. The van der Waals surface area contributed by atoms with Gasteiger partial charge >= 0.3 is 12.5 Å². The van der Waals surface area contributed by atoms with Gasteiger partial charge in [0, 0.05) is 12.2 Å². The lowest BCUT2D eigenvalue weighted by Crippen LogP contribution is -2.41. The number of amides is 1. The number of carbonyl (C=O) groups excluding carboxylic acids is 1. The molecule has 166 valence electrons. The molecule has 1 aromatic carbocycles. The smallest absolute Gasteiger partial charge is 0.406 e. The quantitative estimate of drug-likeness (QED) is 0.675. The molecule has 0 aliphatic carbocycles. The van der Waals surface area contributed by atoms with E-state index in [9.17, 15) is 31.1 Å². The van der Waals surface area contributed by atoms with E-state index in [0.717, 1.165) is 18.2 Å². The normalized spacial score (nSPS) is 15.2. The van der Waals surface area contributed by atoms with Crippen LogP contribution in [0.4, 0.5) is 32.0 Å². The van der Waals surface area contributed by atoms with Crippen LogP contribution in [0.5, 0.6) is 5.75 Å². The Morgan fingerprint density at radius 1 is 0.968 bits per heavy atom. The molecule has 11 heteroatoms. The van der Waals surface area contributed by atoms with Crippen LogP contribution in [0.15, 0.2) is 54.2 Å². The number of nitrogens with one attached hydrogen (secondary N) is 1. The van der Waals surface area contributed by atoms with Crippen LogP contribution in [0.3, 0.4) is 0 Å². The minimum atomic E-state index is -4.83. The van der Waals surface area contributed by atoms with E-state index in [1.165, 1.54) is 35.2 Å². The minimum Gasteiger partial charge on any atom is -0.406 e. The van der Waals surface area contributed by atoms with E-state index in [-0.39, 0.29) is 17.9 Å². The standard InChI is InChI=1S/C20H17F6N3O2/c1-18(2,15-4-3-5-16(27-15)19(21,22)23)28-14-10-11-29(17(14)30)12-6-8-13(9-7-12)31-20(24,25)26/h3-10,28H,11H2,1-2H3. The Labute approximate surface area is 173 Å². The molecule has 0 saturated carbocycles. The van der Waals surface area contributed by atoms with Crippen LogP contribution in [0.1, 0.15) is 25.2 Å². The molecular weight excluding hydrogens is 428 g/mol. The Balaban J connectivity index is 1.72. The summed E-state index contributed by atoms with van der Waals surface area (Å²) in [5, 5.41) is 2.91.